The Morgan fingerprint density at radius 2 is 1.95 bits per heavy atom. The number of nitrogens with zero attached hydrogens (tertiary/aromatic N) is 2. The summed E-state index contributed by atoms with van der Waals surface area (Å²) in [6.07, 6.45) is 5.61. The first-order valence-electron chi connectivity index (χ1n) is 7.02. The highest BCUT2D eigenvalue weighted by atomic mass is 32.1. The summed E-state index contributed by atoms with van der Waals surface area (Å²) >= 11 is 1.73. The molecule has 1 fully saturated rings. The second kappa shape index (κ2) is 5.74. The van der Waals surface area contributed by atoms with Gasteiger partial charge < -0.3 is 4.90 Å². The molecular weight excluding hydrogens is 252 g/mol. The number of piperidine rings is 1. The molecule has 1 saturated heterocycles. The third kappa shape index (κ3) is 3.16. The number of rotatable bonds is 3. The molecule has 2 aromatic rings. The zero-order valence-corrected chi connectivity index (χ0v) is 12.2. The van der Waals surface area contributed by atoms with Crippen molar-refractivity contribution in [2.24, 2.45) is 5.92 Å². The van der Waals surface area contributed by atoms with Crippen LogP contribution in [0.15, 0.2) is 36.0 Å². The van der Waals surface area contributed by atoms with E-state index < -0.39 is 0 Å². The van der Waals surface area contributed by atoms with Crippen molar-refractivity contribution in [3.8, 4) is 0 Å². The highest BCUT2D eigenvalue weighted by Gasteiger charge is 2.15. The molecule has 0 amide bonds. The molecule has 2 nitrogen and oxygen atoms in total. The fourth-order valence-corrected chi connectivity index (χ4v) is 3.25. The molecule has 0 radical (unpaired) electrons. The number of benzene rings is 1. The first-order chi connectivity index (χ1) is 9.31. The summed E-state index contributed by atoms with van der Waals surface area (Å²) in [5, 5.41) is 0. The minimum atomic E-state index is 0.891. The van der Waals surface area contributed by atoms with Crippen molar-refractivity contribution in [2.45, 2.75) is 26.2 Å². The van der Waals surface area contributed by atoms with Gasteiger partial charge in [-0.25, -0.2) is 0 Å². The Morgan fingerprint density at radius 1 is 1.21 bits per heavy atom. The molecule has 0 N–H and O–H groups in total. The maximum atomic E-state index is 4.13. The summed E-state index contributed by atoms with van der Waals surface area (Å²) in [5.41, 5.74) is 4.65. The van der Waals surface area contributed by atoms with Crippen molar-refractivity contribution in [3.05, 3.63) is 46.4 Å². The van der Waals surface area contributed by atoms with E-state index in [1.807, 2.05) is 11.7 Å². The standard InChI is InChI=1S/C16H20N2S/c1-13-6-8-18(9-7-13)15-4-2-14(3-5-15)10-16-11-17-12-19-16/h2-5,11-13H,6-10H2,1H3. The zero-order valence-electron chi connectivity index (χ0n) is 11.4. The van der Waals surface area contributed by atoms with Gasteiger partial charge in [-0.2, -0.15) is 0 Å². The fourth-order valence-electron chi connectivity index (χ4n) is 2.62. The van der Waals surface area contributed by atoms with Crippen molar-refractivity contribution in [1.29, 1.82) is 0 Å². The van der Waals surface area contributed by atoms with Gasteiger partial charge in [0.25, 0.3) is 0 Å². The van der Waals surface area contributed by atoms with Crippen LogP contribution in [0.4, 0.5) is 5.69 Å². The quantitative estimate of drug-likeness (QED) is 0.840. The Kier molecular flexibility index (Phi) is 3.83. The predicted octanol–water partition coefficient (Wildman–Crippen LogP) is 3.97. The van der Waals surface area contributed by atoms with Crippen LogP contribution in [0.25, 0.3) is 0 Å². The van der Waals surface area contributed by atoms with E-state index in [9.17, 15) is 0 Å². The first-order valence-corrected chi connectivity index (χ1v) is 7.90. The number of hydrogen-bond donors (Lipinski definition) is 0. The highest BCUT2D eigenvalue weighted by molar-refractivity contribution is 7.09. The minimum absolute atomic E-state index is 0.891. The number of hydrogen-bond acceptors (Lipinski definition) is 3. The van der Waals surface area contributed by atoms with Crippen LogP contribution < -0.4 is 4.90 Å². The molecule has 3 heteroatoms. The maximum Gasteiger partial charge on any atom is 0.0794 e. The van der Waals surface area contributed by atoms with E-state index in [0.29, 0.717) is 0 Å². The smallest absolute Gasteiger partial charge is 0.0794 e. The van der Waals surface area contributed by atoms with E-state index in [2.05, 4.69) is 41.1 Å². The topological polar surface area (TPSA) is 16.1 Å². The molecule has 1 aromatic heterocycles. The lowest BCUT2D eigenvalue weighted by molar-refractivity contribution is 0.438. The normalized spacial score (nSPS) is 16.8. The van der Waals surface area contributed by atoms with Crippen LogP contribution >= 0.6 is 11.3 Å². The van der Waals surface area contributed by atoms with E-state index in [-0.39, 0.29) is 0 Å². The van der Waals surface area contributed by atoms with Crippen LogP contribution in [0.3, 0.4) is 0 Å². The average Bonchev–Trinajstić information content (AvgIpc) is 2.94. The molecule has 0 saturated carbocycles. The highest BCUT2D eigenvalue weighted by Crippen LogP contribution is 2.24. The Balaban J connectivity index is 1.65. The first kappa shape index (κ1) is 12.7. The number of thiazole rings is 1. The molecule has 0 aliphatic carbocycles. The Labute approximate surface area is 119 Å². The summed E-state index contributed by atoms with van der Waals surface area (Å²) in [4.78, 5) is 7.97. The van der Waals surface area contributed by atoms with Gasteiger partial charge in [0.1, 0.15) is 0 Å². The van der Waals surface area contributed by atoms with Crippen molar-refractivity contribution < 1.29 is 0 Å². The molecule has 0 spiro atoms. The Bertz CT molecular complexity index is 496. The van der Waals surface area contributed by atoms with Gasteiger partial charge >= 0.3 is 0 Å². The zero-order chi connectivity index (χ0) is 13.1. The summed E-state index contributed by atoms with van der Waals surface area (Å²) in [7, 11) is 0. The van der Waals surface area contributed by atoms with Crippen LogP contribution in [-0.2, 0) is 6.42 Å². The molecular formula is C16H20N2S. The van der Waals surface area contributed by atoms with Gasteiger partial charge in [0, 0.05) is 36.3 Å². The third-order valence-corrected chi connectivity index (χ3v) is 4.73. The second-order valence-electron chi connectivity index (χ2n) is 5.48. The van der Waals surface area contributed by atoms with Crippen LogP contribution in [-0.4, -0.2) is 18.1 Å². The van der Waals surface area contributed by atoms with Gasteiger partial charge in [-0.15, -0.1) is 11.3 Å². The molecule has 1 aliphatic rings. The van der Waals surface area contributed by atoms with E-state index in [4.69, 9.17) is 0 Å². The van der Waals surface area contributed by atoms with E-state index >= 15 is 0 Å². The summed E-state index contributed by atoms with van der Waals surface area (Å²) in [5.74, 6) is 0.891. The fraction of sp³-hybridized carbons (Fsp3) is 0.438. The van der Waals surface area contributed by atoms with Gasteiger partial charge in [-0.1, -0.05) is 19.1 Å². The number of anilines is 1. The van der Waals surface area contributed by atoms with E-state index in [1.54, 1.807) is 11.3 Å². The van der Waals surface area contributed by atoms with Gasteiger partial charge in [-0.3, -0.25) is 4.98 Å². The lowest BCUT2D eigenvalue weighted by atomic mass is 9.98. The summed E-state index contributed by atoms with van der Waals surface area (Å²) in [6, 6.07) is 9.05. The van der Waals surface area contributed by atoms with Crippen molar-refractivity contribution in [1.82, 2.24) is 4.98 Å². The van der Waals surface area contributed by atoms with Crippen molar-refractivity contribution in [3.63, 3.8) is 0 Å². The lowest BCUT2D eigenvalue weighted by Gasteiger charge is -2.32. The van der Waals surface area contributed by atoms with Gasteiger partial charge in [0.05, 0.1) is 5.51 Å². The van der Waals surface area contributed by atoms with Gasteiger partial charge in [-0.05, 0) is 36.5 Å². The van der Waals surface area contributed by atoms with E-state index in [1.165, 1.54) is 42.1 Å². The SMILES string of the molecule is CC1CCN(c2ccc(Cc3cncs3)cc2)CC1. The Hall–Kier alpha value is -1.35. The predicted molar refractivity (Wildman–Crippen MR) is 82.0 cm³/mol. The largest absolute Gasteiger partial charge is 0.372 e. The van der Waals surface area contributed by atoms with Gasteiger partial charge in [0.2, 0.25) is 0 Å². The van der Waals surface area contributed by atoms with Crippen molar-refractivity contribution in [2.75, 3.05) is 18.0 Å². The monoisotopic (exact) mass is 272 g/mol. The lowest BCUT2D eigenvalue weighted by Crippen LogP contribution is -2.32. The van der Waals surface area contributed by atoms with Crippen LogP contribution in [0.5, 0.6) is 0 Å². The Morgan fingerprint density at radius 3 is 2.58 bits per heavy atom. The van der Waals surface area contributed by atoms with Crippen molar-refractivity contribution >= 4 is 17.0 Å². The molecule has 100 valence electrons. The number of aromatic nitrogens is 1. The van der Waals surface area contributed by atoms with Crippen LogP contribution in [0.1, 0.15) is 30.2 Å². The van der Waals surface area contributed by atoms with E-state index in [0.717, 1.165) is 12.3 Å². The molecule has 1 aliphatic heterocycles. The molecule has 0 unspecified atom stereocenters. The molecule has 0 bridgehead atoms. The van der Waals surface area contributed by atoms with Crippen LogP contribution in [0.2, 0.25) is 0 Å². The molecule has 0 atom stereocenters. The van der Waals surface area contributed by atoms with Gasteiger partial charge in [0.15, 0.2) is 0 Å². The van der Waals surface area contributed by atoms with Crippen LogP contribution in [0, 0.1) is 5.92 Å². The third-order valence-electron chi connectivity index (χ3n) is 3.95. The summed E-state index contributed by atoms with van der Waals surface area (Å²) in [6.45, 7) is 4.76. The molecule has 1 aromatic carbocycles. The summed E-state index contributed by atoms with van der Waals surface area (Å²) < 4.78 is 0. The average molecular weight is 272 g/mol. The molecule has 2 heterocycles. The molecule has 3 rings (SSSR count). The molecule has 19 heavy (non-hydrogen) atoms. The minimum Gasteiger partial charge on any atom is -0.372 e. The maximum absolute atomic E-state index is 4.13. The second-order valence-corrected chi connectivity index (χ2v) is 6.45.